The van der Waals surface area contributed by atoms with Gasteiger partial charge in [0.05, 0.1) is 7.11 Å². The molecule has 0 atom stereocenters. The highest BCUT2D eigenvalue weighted by atomic mass is 16.5. The molecule has 0 fully saturated rings. The third kappa shape index (κ3) is 4.77. The number of carbonyl (C=O) groups is 2. The minimum absolute atomic E-state index is 0.0239. The second-order valence-electron chi connectivity index (χ2n) is 4.63. The van der Waals surface area contributed by atoms with Crippen LogP contribution in [0, 0.1) is 6.92 Å². The van der Waals surface area contributed by atoms with Crippen molar-refractivity contribution in [3.8, 4) is 0 Å². The Morgan fingerprint density at radius 2 is 2.05 bits per heavy atom. The van der Waals surface area contributed by atoms with Crippen LogP contribution >= 0.6 is 0 Å². The summed E-state index contributed by atoms with van der Waals surface area (Å²) in [6.45, 7) is 4.47. The summed E-state index contributed by atoms with van der Waals surface area (Å²) in [7, 11) is 3.11. The number of benzene rings is 1. The van der Waals surface area contributed by atoms with Gasteiger partial charge in [0.15, 0.2) is 5.78 Å². The number of carbonyl (C=O) groups excluding carboxylic acids is 2. The molecule has 1 aromatic carbocycles. The van der Waals surface area contributed by atoms with Crippen LogP contribution in [0.15, 0.2) is 36.0 Å². The van der Waals surface area contributed by atoms with Crippen molar-refractivity contribution < 1.29 is 14.3 Å². The lowest BCUT2D eigenvalue weighted by Crippen LogP contribution is -2.17. The molecule has 0 aliphatic rings. The van der Waals surface area contributed by atoms with Gasteiger partial charge in [0, 0.05) is 25.5 Å². The topological polar surface area (TPSA) is 67.4 Å². The zero-order chi connectivity index (χ0) is 16.5. The first-order valence-corrected chi connectivity index (χ1v) is 7.06. The fourth-order valence-electron chi connectivity index (χ4n) is 1.88. The van der Waals surface area contributed by atoms with Crippen LogP contribution < -0.4 is 10.6 Å². The molecular formula is C17H22N2O3. The van der Waals surface area contributed by atoms with Crippen molar-refractivity contribution in [2.75, 3.05) is 26.0 Å². The molecule has 0 amide bonds. The van der Waals surface area contributed by atoms with E-state index in [0.717, 1.165) is 16.8 Å². The molecule has 118 valence electrons. The van der Waals surface area contributed by atoms with Gasteiger partial charge in [-0.2, -0.15) is 0 Å². The van der Waals surface area contributed by atoms with Gasteiger partial charge in [-0.05, 0) is 43.2 Å². The van der Waals surface area contributed by atoms with Crippen molar-refractivity contribution in [2.24, 2.45) is 0 Å². The van der Waals surface area contributed by atoms with Crippen LogP contribution in [0.25, 0.3) is 6.08 Å². The maximum Gasteiger partial charge on any atom is 0.343 e. The van der Waals surface area contributed by atoms with Crippen LogP contribution in [0.2, 0.25) is 0 Å². The Hall–Kier alpha value is -2.56. The molecule has 5 heteroatoms. The number of ketones is 1. The molecule has 0 aliphatic heterocycles. The Morgan fingerprint density at radius 1 is 1.32 bits per heavy atom. The van der Waals surface area contributed by atoms with Gasteiger partial charge in [0.2, 0.25) is 0 Å². The van der Waals surface area contributed by atoms with Gasteiger partial charge in [0.1, 0.15) is 5.57 Å². The summed E-state index contributed by atoms with van der Waals surface area (Å²) >= 11 is 0. The highest BCUT2D eigenvalue weighted by Crippen LogP contribution is 2.16. The number of esters is 1. The van der Waals surface area contributed by atoms with Gasteiger partial charge < -0.3 is 15.4 Å². The molecule has 0 spiro atoms. The summed E-state index contributed by atoms with van der Waals surface area (Å²) in [5.41, 5.74) is 2.97. The van der Waals surface area contributed by atoms with E-state index in [1.165, 1.54) is 19.4 Å². The Kier molecular flexibility index (Phi) is 6.89. The number of hydrogen-bond donors (Lipinski definition) is 2. The maximum absolute atomic E-state index is 12.1. The van der Waals surface area contributed by atoms with E-state index in [1.807, 2.05) is 39.1 Å². The molecule has 0 radical (unpaired) electrons. The van der Waals surface area contributed by atoms with E-state index >= 15 is 0 Å². The van der Waals surface area contributed by atoms with E-state index < -0.39 is 11.8 Å². The Morgan fingerprint density at radius 3 is 2.59 bits per heavy atom. The third-order valence-corrected chi connectivity index (χ3v) is 3.07. The zero-order valence-corrected chi connectivity index (χ0v) is 13.4. The lowest BCUT2D eigenvalue weighted by atomic mass is 10.1. The summed E-state index contributed by atoms with van der Waals surface area (Å²) in [4.78, 5) is 23.7. The first-order chi connectivity index (χ1) is 10.5. The molecule has 22 heavy (non-hydrogen) atoms. The van der Waals surface area contributed by atoms with Crippen molar-refractivity contribution >= 4 is 23.5 Å². The minimum Gasteiger partial charge on any atom is -0.465 e. The molecule has 0 saturated carbocycles. The molecule has 1 aromatic rings. The summed E-state index contributed by atoms with van der Waals surface area (Å²) in [5.74, 6) is -1.06. The molecule has 5 nitrogen and oxygen atoms in total. The van der Waals surface area contributed by atoms with Crippen LogP contribution in [0.1, 0.15) is 18.1 Å². The Balaban J connectivity index is 2.93. The van der Waals surface area contributed by atoms with Gasteiger partial charge in [-0.15, -0.1) is 0 Å². The normalized spacial score (nSPS) is 11.4. The van der Waals surface area contributed by atoms with Gasteiger partial charge in [-0.25, -0.2) is 4.79 Å². The minimum atomic E-state index is -0.655. The summed E-state index contributed by atoms with van der Waals surface area (Å²) in [5, 5.41) is 5.92. The van der Waals surface area contributed by atoms with Crippen LogP contribution in [0.5, 0.6) is 0 Å². The average molecular weight is 302 g/mol. The Labute approximate surface area is 131 Å². The number of rotatable bonds is 7. The van der Waals surface area contributed by atoms with E-state index in [0.29, 0.717) is 6.54 Å². The van der Waals surface area contributed by atoms with Crippen LogP contribution in [0.4, 0.5) is 5.69 Å². The maximum atomic E-state index is 12.1. The second-order valence-corrected chi connectivity index (χ2v) is 4.63. The number of hydrogen-bond acceptors (Lipinski definition) is 5. The van der Waals surface area contributed by atoms with Crippen molar-refractivity contribution in [1.29, 1.82) is 0 Å². The number of aryl methyl sites for hydroxylation is 1. The van der Waals surface area contributed by atoms with E-state index in [2.05, 4.69) is 15.4 Å². The molecule has 0 heterocycles. The van der Waals surface area contributed by atoms with Crippen LogP contribution in [-0.4, -0.2) is 32.5 Å². The predicted molar refractivity (Wildman–Crippen MR) is 88.5 cm³/mol. The second kappa shape index (κ2) is 8.67. The summed E-state index contributed by atoms with van der Waals surface area (Å²) in [6.07, 6.45) is 4.43. The third-order valence-electron chi connectivity index (χ3n) is 3.07. The van der Waals surface area contributed by atoms with Gasteiger partial charge in [0.25, 0.3) is 0 Å². The number of nitrogens with one attached hydrogen (secondary N) is 2. The van der Waals surface area contributed by atoms with E-state index in [1.54, 1.807) is 6.08 Å². The van der Waals surface area contributed by atoms with E-state index in [4.69, 9.17) is 0 Å². The first-order valence-electron chi connectivity index (χ1n) is 7.06. The molecule has 0 aliphatic carbocycles. The predicted octanol–water partition coefficient (Wildman–Crippen LogP) is 2.29. The fourth-order valence-corrected chi connectivity index (χ4v) is 1.88. The van der Waals surface area contributed by atoms with Crippen LogP contribution in [0.3, 0.4) is 0 Å². The smallest absolute Gasteiger partial charge is 0.343 e. The first kappa shape index (κ1) is 17.5. The summed E-state index contributed by atoms with van der Waals surface area (Å²) in [6, 6.07) is 5.80. The standard InChI is InChI=1S/C17H22N2O3/c1-5-19-11-14(17(21)22-4)16(20)9-7-13-6-8-15(18-3)12(2)10-13/h6-11,18-19H,5H2,1-4H3/b9-7+,14-11-. The number of anilines is 1. The Bertz CT molecular complexity index is 604. The number of methoxy groups -OCH3 is 1. The number of ether oxygens (including phenoxy) is 1. The molecule has 0 bridgehead atoms. The molecule has 0 saturated heterocycles. The van der Waals surface area contributed by atoms with Gasteiger partial charge in [-0.1, -0.05) is 12.1 Å². The highest BCUT2D eigenvalue weighted by molar-refractivity contribution is 6.22. The summed E-state index contributed by atoms with van der Waals surface area (Å²) < 4.78 is 4.62. The van der Waals surface area contributed by atoms with Gasteiger partial charge >= 0.3 is 5.97 Å². The number of allylic oxidation sites excluding steroid dienone is 1. The molecule has 1 rings (SSSR count). The van der Waals surface area contributed by atoms with Crippen LogP contribution in [-0.2, 0) is 14.3 Å². The molecule has 0 unspecified atom stereocenters. The SMILES string of the molecule is CCN/C=C(/C(=O)/C=C/c1ccc(NC)c(C)c1)C(=O)OC. The van der Waals surface area contributed by atoms with Crippen molar-refractivity contribution in [3.63, 3.8) is 0 Å². The van der Waals surface area contributed by atoms with Gasteiger partial charge in [-0.3, -0.25) is 4.79 Å². The molecular weight excluding hydrogens is 280 g/mol. The van der Waals surface area contributed by atoms with Crippen molar-refractivity contribution in [1.82, 2.24) is 5.32 Å². The lowest BCUT2D eigenvalue weighted by Gasteiger charge is -2.05. The van der Waals surface area contributed by atoms with E-state index in [9.17, 15) is 9.59 Å². The monoisotopic (exact) mass is 302 g/mol. The fraction of sp³-hybridized carbons (Fsp3) is 0.294. The van der Waals surface area contributed by atoms with Crippen molar-refractivity contribution in [3.05, 3.63) is 47.2 Å². The highest BCUT2D eigenvalue weighted by Gasteiger charge is 2.16. The zero-order valence-electron chi connectivity index (χ0n) is 13.4. The lowest BCUT2D eigenvalue weighted by molar-refractivity contribution is -0.137. The van der Waals surface area contributed by atoms with E-state index in [-0.39, 0.29) is 5.57 Å². The molecule has 2 N–H and O–H groups in total. The quantitative estimate of drug-likeness (QED) is 0.350. The average Bonchev–Trinajstić information content (AvgIpc) is 2.53. The van der Waals surface area contributed by atoms with Crippen molar-refractivity contribution in [2.45, 2.75) is 13.8 Å². The largest absolute Gasteiger partial charge is 0.465 e. The molecule has 0 aromatic heterocycles.